The van der Waals surface area contributed by atoms with Crippen LogP contribution in [0.3, 0.4) is 0 Å². The number of carbonyl (C=O) groups is 1. The lowest BCUT2D eigenvalue weighted by Gasteiger charge is -2.20. The quantitative estimate of drug-likeness (QED) is 0.643. The minimum atomic E-state index is -0.213. The molecule has 1 heterocycles. The zero-order valence-corrected chi connectivity index (χ0v) is 10.0. The van der Waals surface area contributed by atoms with Crippen molar-refractivity contribution in [2.75, 3.05) is 19.8 Å². The summed E-state index contributed by atoms with van der Waals surface area (Å²) < 4.78 is 5.16. The van der Waals surface area contributed by atoms with Crippen molar-refractivity contribution in [3.8, 4) is 0 Å². The van der Waals surface area contributed by atoms with E-state index in [1.807, 2.05) is 0 Å². The zero-order valence-electron chi connectivity index (χ0n) is 10.0. The van der Waals surface area contributed by atoms with Crippen LogP contribution in [0.5, 0.6) is 0 Å². The van der Waals surface area contributed by atoms with E-state index in [2.05, 4.69) is 24.5 Å². The molecule has 3 N–H and O–H groups in total. The van der Waals surface area contributed by atoms with Gasteiger partial charge >= 0.3 is 6.03 Å². The summed E-state index contributed by atoms with van der Waals surface area (Å²) in [5, 5.41) is 14.7. The molecule has 0 aliphatic carbocycles. The fourth-order valence-electron chi connectivity index (χ4n) is 1.81. The van der Waals surface area contributed by atoms with Crippen molar-refractivity contribution in [1.82, 2.24) is 10.6 Å². The van der Waals surface area contributed by atoms with Crippen LogP contribution in [0, 0.1) is 5.92 Å². The summed E-state index contributed by atoms with van der Waals surface area (Å²) in [6.07, 6.45) is 1.65. The van der Waals surface area contributed by atoms with Crippen LogP contribution in [-0.4, -0.2) is 43.0 Å². The lowest BCUT2D eigenvalue weighted by Crippen LogP contribution is -2.48. The average Bonchev–Trinajstić information content (AvgIpc) is 2.68. The number of hydrogen-bond donors (Lipinski definition) is 3. The molecule has 2 amide bonds. The Balaban J connectivity index is 2.24. The van der Waals surface area contributed by atoms with Crippen LogP contribution >= 0.6 is 0 Å². The molecule has 0 aromatic carbocycles. The zero-order chi connectivity index (χ0) is 12.0. The Morgan fingerprint density at radius 2 is 2.31 bits per heavy atom. The van der Waals surface area contributed by atoms with Crippen molar-refractivity contribution in [3.05, 3.63) is 0 Å². The van der Waals surface area contributed by atoms with Crippen molar-refractivity contribution in [1.29, 1.82) is 0 Å². The van der Waals surface area contributed by atoms with Gasteiger partial charge in [-0.3, -0.25) is 0 Å². The van der Waals surface area contributed by atoms with Gasteiger partial charge in [0.25, 0.3) is 0 Å². The number of rotatable bonds is 5. The Bertz CT molecular complexity index is 215. The Hall–Kier alpha value is -0.810. The van der Waals surface area contributed by atoms with Crippen molar-refractivity contribution >= 4 is 6.03 Å². The Labute approximate surface area is 96.6 Å². The molecular weight excluding hydrogens is 208 g/mol. The van der Waals surface area contributed by atoms with Gasteiger partial charge < -0.3 is 20.5 Å². The van der Waals surface area contributed by atoms with Crippen LogP contribution in [0.2, 0.25) is 0 Å². The molecule has 0 radical (unpaired) electrons. The number of ether oxygens (including phenoxy) is 1. The molecule has 0 bridgehead atoms. The number of amides is 2. The smallest absolute Gasteiger partial charge is 0.315 e. The number of nitrogens with one attached hydrogen (secondary N) is 2. The molecule has 16 heavy (non-hydrogen) atoms. The van der Waals surface area contributed by atoms with E-state index in [0.717, 1.165) is 12.8 Å². The summed E-state index contributed by atoms with van der Waals surface area (Å²) in [4.78, 5) is 11.6. The summed E-state index contributed by atoms with van der Waals surface area (Å²) in [5.41, 5.74) is 0. The summed E-state index contributed by atoms with van der Waals surface area (Å²) in [6.45, 7) is 5.40. The van der Waals surface area contributed by atoms with Gasteiger partial charge in [0, 0.05) is 6.61 Å². The van der Waals surface area contributed by atoms with Crippen LogP contribution in [0.15, 0.2) is 0 Å². The normalized spacial score (nSPS) is 22.1. The molecule has 1 aliphatic rings. The third-order valence-electron chi connectivity index (χ3n) is 2.58. The highest BCUT2D eigenvalue weighted by Crippen LogP contribution is 2.05. The monoisotopic (exact) mass is 230 g/mol. The Kier molecular flexibility index (Phi) is 5.55. The maximum absolute atomic E-state index is 11.6. The van der Waals surface area contributed by atoms with Gasteiger partial charge in [-0.25, -0.2) is 4.79 Å². The van der Waals surface area contributed by atoms with E-state index in [-0.39, 0.29) is 24.7 Å². The van der Waals surface area contributed by atoms with Gasteiger partial charge in [-0.1, -0.05) is 13.8 Å². The highest BCUT2D eigenvalue weighted by molar-refractivity contribution is 5.74. The average molecular weight is 230 g/mol. The molecule has 1 rings (SSSR count). The second-order valence-corrected chi connectivity index (χ2v) is 4.69. The van der Waals surface area contributed by atoms with E-state index in [1.54, 1.807) is 0 Å². The predicted octanol–water partition coefficient (Wildman–Crippen LogP) is 0.481. The van der Waals surface area contributed by atoms with Gasteiger partial charge in [0.1, 0.15) is 0 Å². The summed E-state index contributed by atoms with van der Waals surface area (Å²) in [5.74, 6) is 0.451. The fraction of sp³-hybridized carbons (Fsp3) is 0.909. The van der Waals surface area contributed by atoms with E-state index >= 15 is 0 Å². The third kappa shape index (κ3) is 4.81. The third-order valence-corrected chi connectivity index (χ3v) is 2.58. The van der Waals surface area contributed by atoms with Crippen molar-refractivity contribution < 1.29 is 14.6 Å². The summed E-state index contributed by atoms with van der Waals surface area (Å²) in [6, 6.07) is -0.268. The van der Waals surface area contributed by atoms with E-state index < -0.39 is 0 Å². The number of hydrogen-bond acceptors (Lipinski definition) is 3. The molecule has 1 saturated heterocycles. The first-order valence-corrected chi connectivity index (χ1v) is 5.87. The maximum Gasteiger partial charge on any atom is 0.315 e. The van der Waals surface area contributed by atoms with Crippen LogP contribution < -0.4 is 10.6 Å². The highest BCUT2D eigenvalue weighted by Gasteiger charge is 2.19. The van der Waals surface area contributed by atoms with E-state index in [9.17, 15) is 4.79 Å². The van der Waals surface area contributed by atoms with Gasteiger partial charge in [0.15, 0.2) is 0 Å². The summed E-state index contributed by atoms with van der Waals surface area (Å²) in [7, 11) is 0. The molecule has 0 saturated carbocycles. The van der Waals surface area contributed by atoms with Crippen molar-refractivity contribution in [2.45, 2.75) is 38.8 Å². The van der Waals surface area contributed by atoms with E-state index in [0.29, 0.717) is 19.1 Å². The second-order valence-electron chi connectivity index (χ2n) is 4.69. The molecule has 94 valence electrons. The molecule has 5 heteroatoms. The Morgan fingerprint density at radius 1 is 1.56 bits per heavy atom. The Morgan fingerprint density at radius 3 is 2.81 bits per heavy atom. The number of aliphatic hydroxyl groups is 1. The fourth-order valence-corrected chi connectivity index (χ4v) is 1.81. The molecule has 2 unspecified atom stereocenters. The van der Waals surface area contributed by atoms with Crippen LogP contribution in [-0.2, 0) is 4.74 Å². The molecule has 2 atom stereocenters. The first kappa shape index (κ1) is 13.3. The topological polar surface area (TPSA) is 70.6 Å². The molecule has 0 aromatic heterocycles. The van der Waals surface area contributed by atoms with Gasteiger partial charge in [0.2, 0.25) is 0 Å². The van der Waals surface area contributed by atoms with Gasteiger partial charge in [-0.05, 0) is 18.8 Å². The molecule has 5 nitrogen and oxygen atoms in total. The highest BCUT2D eigenvalue weighted by atomic mass is 16.5. The SMILES string of the molecule is CC(C)CC(CO)NC(=O)NC1CCOC1. The van der Waals surface area contributed by atoms with E-state index in [4.69, 9.17) is 9.84 Å². The minimum absolute atomic E-state index is 0.0211. The largest absolute Gasteiger partial charge is 0.394 e. The van der Waals surface area contributed by atoms with Crippen LogP contribution in [0.4, 0.5) is 4.79 Å². The van der Waals surface area contributed by atoms with Gasteiger partial charge in [-0.2, -0.15) is 0 Å². The van der Waals surface area contributed by atoms with Crippen LogP contribution in [0.25, 0.3) is 0 Å². The van der Waals surface area contributed by atoms with Gasteiger partial charge in [-0.15, -0.1) is 0 Å². The molecular formula is C11H22N2O3. The second kappa shape index (κ2) is 6.70. The van der Waals surface area contributed by atoms with Crippen LogP contribution in [0.1, 0.15) is 26.7 Å². The molecule has 1 aliphatic heterocycles. The first-order valence-electron chi connectivity index (χ1n) is 5.87. The number of carbonyl (C=O) groups excluding carboxylic acids is 1. The lowest BCUT2D eigenvalue weighted by atomic mass is 10.0. The first-order chi connectivity index (χ1) is 7.61. The van der Waals surface area contributed by atoms with Crippen molar-refractivity contribution in [3.63, 3.8) is 0 Å². The van der Waals surface area contributed by atoms with Gasteiger partial charge in [0.05, 0.1) is 25.3 Å². The molecule has 0 spiro atoms. The number of aliphatic hydroxyl groups excluding tert-OH is 1. The summed E-state index contributed by atoms with van der Waals surface area (Å²) >= 11 is 0. The van der Waals surface area contributed by atoms with Crippen molar-refractivity contribution in [2.24, 2.45) is 5.92 Å². The molecule has 1 fully saturated rings. The standard InChI is InChI=1S/C11H22N2O3/c1-8(2)5-10(6-14)13-11(15)12-9-3-4-16-7-9/h8-10,14H,3-7H2,1-2H3,(H2,12,13,15). The van der Waals surface area contributed by atoms with E-state index in [1.165, 1.54) is 0 Å². The lowest BCUT2D eigenvalue weighted by molar-refractivity contribution is 0.185. The maximum atomic E-state index is 11.6. The minimum Gasteiger partial charge on any atom is -0.394 e. The number of urea groups is 1. The molecule has 0 aromatic rings. The predicted molar refractivity (Wildman–Crippen MR) is 61.2 cm³/mol.